The lowest BCUT2D eigenvalue weighted by Gasteiger charge is -2.38. The Kier molecular flexibility index (Phi) is 3.41. The van der Waals surface area contributed by atoms with Crippen LogP contribution < -0.4 is 4.90 Å². The third-order valence-electron chi connectivity index (χ3n) is 2.86. The van der Waals surface area contributed by atoms with Gasteiger partial charge in [0.2, 0.25) is 0 Å². The van der Waals surface area contributed by atoms with Crippen molar-refractivity contribution < 1.29 is 9.84 Å². The summed E-state index contributed by atoms with van der Waals surface area (Å²) in [5, 5.41) is 9.18. The summed E-state index contributed by atoms with van der Waals surface area (Å²) in [4.78, 5) is 6.35. The number of morpholine rings is 1. The maximum Gasteiger partial charge on any atom is 0.0984 e. The van der Waals surface area contributed by atoms with Gasteiger partial charge in [0.05, 0.1) is 18.8 Å². The molecule has 0 spiro atoms. The van der Waals surface area contributed by atoms with E-state index in [1.807, 2.05) is 19.2 Å². The zero-order chi connectivity index (χ0) is 11.5. The molecule has 1 aliphatic heterocycles. The number of rotatable bonds is 2. The average molecular weight is 222 g/mol. The molecule has 2 heterocycles. The Morgan fingerprint density at radius 3 is 3.06 bits per heavy atom. The SMILES string of the molecule is Cc1cnccc1N1CC(C)OC(CO)C1. The lowest BCUT2D eigenvalue weighted by atomic mass is 10.1. The van der Waals surface area contributed by atoms with Gasteiger partial charge in [-0.3, -0.25) is 4.98 Å². The zero-order valence-corrected chi connectivity index (χ0v) is 9.76. The Labute approximate surface area is 95.9 Å². The lowest BCUT2D eigenvalue weighted by molar-refractivity contribution is -0.0421. The van der Waals surface area contributed by atoms with E-state index in [1.165, 1.54) is 5.69 Å². The van der Waals surface area contributed by atoms with Crippen LogP contribution in [0.1, 0.15) is 12.5 Å². The van der Waals surface area contributed by atoms with E-state index in [2.05, 4.69) is 16.8 Å². The Bertz CT molecular complexity index is 357. The van der Waals surface area contributed by atoms with Crippen LogP contribution in [0.4, 0.5) is 5.69 Å². The van der Waals surface area contributed by atoms with Crippen molar-refractivity contribution in [2.45, 2.75) is 26.1 Å². The van der Waals surface area contributed by atoms with Crippen molar-refractivity contribution in [3.05, 3.63) is 24.0 Å². The number of pyridine rings is 1. The van der Waals surface area contributed by atoms with Gasteiger partial charge in [-0.05, 0) is 25.5 Å². The van der Waals surface area contributed by atoms with Gasteiger partial charge >= 0.3 is 0 Å². The van der Waals surface area contributed by atoms with E-state index >= 15 is 0 Å². The first-order valence-electron chi connectivity index (χ1n) is 5.62. The fourth-order valence-corrected chi connectivity index (χ4v) is 2.16. The molecule has 1 saturated heterocycles. The van der Waals surface area contributed by atoms with E-state index in [4.69, 9.17) is 4.74 Å². The molecule has 2 atom stereocenters. The van der Waals surface area contributed by atoms with Crippen molar-refractivity contribution in [1.29, 1.82) is 0 Å². The molecular weight excluding hydrogens is 204 g/mol. The van der Waals surface area contributed by atoms with Crippen LogP contribution in [0, 0.1) is 6.92 Å². The van der Waals surface area contributed by atoms with E-state index in [0.717, 1.165) is 18.7 Å². The van der Waals surface area contributed by atoms with Crippen molar-refractivity contribution in [2.24, 2.45) is 0 Å². The van der Waals surface area contributed by atoms with Gasteiger partial charge in [0.25, 0.3) is 0 Å². The molecule has 1 aliphatic rings. The number of ether oxygens (including phenoxy) is 1. The van der Waals surface area contributed by atoms with Gasteiger partial charge in [-0.2, -0.15) is 0 Å². The maximum atomic E-state index is 9.18. The standard InChI is InChI=1S/C12H18N2O2/c1-9-5-13-4-3-12(9)14-6-10(2)16-11(7-14)8-15/h3-5,10-11,15H,6-8H2,1-2H3. The van der Waals surface area contributed by atoms with E-state index in [1.54, 1.807) is 6.20 Å². The van der Waals surface area contributed by atoms with Crippen molar-refractivity contribution in [3.63, 3.8) is 0 Å². The number of anilines is 1. The molecule has 0 aliphatic carbocycles. The molecule has 0 saturated carbocycles. The first-order valence-corrected chi connectivity index (χ1v) is 5.62. The number of hydrogen-bond donors (Lipinski definition) is 1. The lowest BCUT2D eigenvalue weighted by Crippen LogP contribution is -2.48. The predicted octanol–water partition coefficient (Wildman–Crippen LogP) is 0.976. The molecule has 4 nitrogen and oxygen atoms in total. The van der Waals surface area contributed by atoms with Crippen LogP contribution in [0.3, 0.4) is 0 Å². The van der Waals surface area contributed by atoms with Gasteiger partial charge in [0.15, 0.2) is 0 Å². The molecule has 16 heavy (non-hydrogen) atoms. The van der Waals surface area contributed by atoms with Crippen LogP contribution in [-0.2, 0) is 4.74 Å². The van der Waals surface area contributed by atoms with Crippen molar-refractivity contribution in [2.75, 3.05) is 24.6 Å². The summed E-state index contributed by atoms with van der Waals surface area (Å²) < 4.78 is 5.62. The number of hydrogen-bond acceptors (Lipinski definition) is 4. The van der Waals surface area contributed by atoms with E-state index in [0.29, 0.717) is 0 Å². The maximum absolute atomic E-state index is 9.18. The molecule has 88 valence electrons. The molecule has 1 aromatic rings. The molecule has 4 heteroatoms. The summed E-state index contributed by atoms with van der Waals surface area (Å²) >= 11 is 0. The van der Waals surface area contributed by atoms with Gasteiger partial charge in [0.1, 0.15) is 0 Å². The second kappa shape index (κ2) is 4.80. The number of nitrogens with zero attached hydrogens (tertiary/aromatic N) is 2. The summed E-state index contributed by atoms with van der Waals surface area (Å²) in [6, 6.07) is 2.02. The third kappa shape index (κ3) is 2.33. The van der Waals surface area contributed by atoms with Crippen LogP contribution in [0.25, 0.3) is 0 Å². The summed E-state index contributed by atoms with van der Waals surface area (Å²) in [5.41, 5.74) is 2.34. The third-order valence-corrected chi connectivity index (χ3v) is 2.86. The fraction of sp³-hybridized carbons (Fsp3) is 0.583. The zero-order valence-electron chi connectivity index (χ0n) is 9.76. The van der Waals surface area contributed by atoms with Crippen molar-refractivity contribution in [1.82, 2.24) is 4.98 Å². The van der Waals surface area contributed by atoms with Crippen LogP contribution in [-0.4, -0.2) is 42.0 Å². The Hall–Kier alpha value is -1.13. The largest absolute Gasteiger partial charge is 0.394 e. The molecular formula is C12H18N2O2. The van der Waals surface area contributed by atoms with Crippen LogP contribution in [0.15, 0.2) is 18.5 Å². The van der Waals surface area contributed by atoms with Gasteiger partial charge in [0, 0.05) is 31.2 Å². The van der Waals surface area contributed by atoms with Gasteiger partial charge in [-0.25, -0.2) is 0 Å². The highest BCUT2D eigenvalue weighted by Gasteiger charge is 2.25. The van der Waals surface area contributed by atoms with Gasteiger partial charge < -0.3 is 14.7 Å². The number of aromatic nitrogens is 1. The molecule has 0 amide bonds. The molecule has 1 fully saturated rings. The predicted molar refractivity (Wildman–Crippen MR) is 62.6 cm³/mol. The highest BCUT2D eigenvalue weighted by atomic mass is 16.5. The quantitative estimate of drug-likeness (QED) is 0.810. The second-order valence-corrected chi connectivity index (χ2v) is 4.32. The minimum atomic E-state index is -0.0867. The highest BCUT2D eigenvalue weighted by molar-refractivity contribution is 5.52. The first-order chi connectivity index (χ1) is 7.70. The monoisotopic (exact) mass is 222 g/mol. The average Bonchev–Trinajstić information content (AvgIpc) is 2.28. The smallest absolute Gasteiger partial charge is 0.0984 e. The molecule has 0 aromatic carbocycles. The first kappa shape index (κ1) is 11.4. The minimum Gasteiger partial charge on any atom is -0.394 e. The van der Waals surface area contributed by atoms with Crippen molar-refractivity contribution >= 4 is 5.69 Å². The molecule has 0 radical (unpaired) electrons. The number of aryl methyl sites for hydroxylation is 1. The molecule has 1 aromatic heterocycles. The van der Waals surface area contributed by atoms with Crippen LogP contribution >= 0.6 is 0 Å². The fourth-order valence-electron chi connectivity index (χ4n) is 2.16. The van der Waals surface area contributed by atoms with Crippen LogP contribution in [0.2, 0.25) is 0 Å². The topological polar surface area (TPSA) is 45.6 Å². The minimum absolute atomic E-state index is 0.0744. The number of aliphatic hydroxyl groups excluding tert-OH is 1. The normalized spacial score (nSPS) is 25.8. The molecule has 2 rings (SSSR count). The summed E-state index contributed by atoms with van der Waals surface area (Å²) in [6.45, 7) is 5.76. The molecule has 1 N–H and O–H groups in total. The van der Waals surface area contributed by atoms with E-state index in [9.17, 15) is 5.11 Å². The van der Waals surface area contributed by atoms with E-state index < -0.39 is 0 Å². The highest BCUT2D eigenvalue weighted by Crippen LogP contribution is 2.22. The Morgan fingerprint density at radius 1 is 1.56 bits per heavy atom. The summed E-state index contributed by atoms with van der Waals surface area (Å²) in [5.74, 6) is 0. The second-order valence-electron chi connectivity index (χ2n) is 4.32. The molecule has 2 unspecified atom stereocenters. The van der Waals surface area contributed by atoms with Crippen molar-refractivity contribution in [3.8, 4) is 0 Å². The summed E-state index contributed by atoms with van der Waals surface area (Å²) in [7, 11) is 0. The van der Waals surface area contributed by atoms with Gasteiger partial charge in [-0.15, -0.1) is 0 Å². The molecule has 0 bridgehead atoms. The number of aliphatic hydroxyl groups is 1. The summed E-state index contributed by atoms with van der Waals surface area (Å²) in [6.07, 6.45) is 3.73. The van der Waals surface area contributed by atoms with Crippen LogP contribution in [0.5, 0.6) is 0 Å². The Balaban J connectivity index is 2.17. The Morgan fingerprint density at radius 2 is 2.38 bits per heavy atom. The van der Waals surface area contributed by atoms with E-state index in [-0.39, 0.29) is 18.8 Å². The van der Waals surface area contributed by atoms with Gasteiger partial charge in [-0.1, -0.05) is 0 Å².